The summed E-state index contributed by atoms with van der Waals surface area (Å²) in [5.74, 6) is -1.89. The van der Waals surface area contributed by atoms with Crippen molar-refractivity contribution in [2.24, 2.45) is 29.6 Å². The van der Waals surface area contributed by atoms with Crippen LogP contribution in [0.3, 0.4) is 0 Å². The Morgan fingerprint density at radius 1 is 1.05 bits per heavy atom. The molecule has 7 nitrogen and oxygen atoms in total. The molecule has 1 aromatic rings. The van der Waals surface area contributed by atoms with Crippen molar-refractivity contribution in [1.29, 1.82) is 0 Å². The number of carbonyl (C=O) groups excluding carboxylic acids is 3. The van der Waals surface area contributed by atoms with Gasteiger partial charge in [0.2, 0.25) is 17.7 Å². The Bertz CT molecular complexity index is 1240. The molecule has 0 aromatic heterocycles. The van der Waals surface area contributed by atoms with Gasteiger partial charge in [0.25, 0.3) is 0 Å². The molecule has 1 aromatic carbocycles. The number of nitrogens with zero attached hydrogens (tertiary/aromatic N) is 1. The van der Waals surface area contributed by atoms with Crippen LogP contribution in [0.2, 0.25) is 5.02 Å². The lowest BCUT2D eigenvalue weighted by Gasteiger charge is -2.42. The van der Waals surface area contributed by atoms with Crippen molar-refractivity contribution in [3.8, 4) is 0 Å². The van der Waals surface area contributed by atoms with Gasteiger partial charge in [-0.2, -0.15) is 0 Å². The average Bonchev–Trinajstić information content (AvgIpc) is 3.56. The number of nitrogens with one attached hydrogen (secondary N) is 2. The molecular formula is C31H39ClFN3O4. The number of rotatable bonds is 5. The molecule has 2 saturated heterocycles. The Hall–Kier alpha value is -2.45. The van der Waals surface area contributed by atoms with Gasteiger partial charge in [-0.3, -0.25) is 14.4 Å². The second kappa shape index (κ2) is 10.4. The van der Waals surface area contributed by atoms with E-state index in [0.717, 1.165) is 44.9 Å². The molecule has 216 valence electrons. The highest BCUT2D eigenvalue weighted by molar-refractivity contribution is 6.31. The second-order valence-corrected chi connectivity index (χ2v) is 13.2. The molecule has 5 aliphatic rings. The standard InChI is InChI=1S/C31H39ClFN3O4/c1-16-8-6-9-22(18(16)3)35-29(38)27-31-14-13-24(40-31)25(28(37)34-19-11-12-21(33)20(32)15-19)26(31)30(39)36(27)23-10-5-4-7-17(23)2/h11-18,22-27H,4-10H2,1-3H3,(H,34,37)(H,35,38). The molecule has 4 fully saturated rings. The molecule has 3 heterocycles. The summed E-state index contributed by atoms with van der Waals surface area (Å²) in [6.07, 6.45) is 10.1. The molecule has 9 heteroatoms. The van der Waals surface area contributed by atoms with E-state index in [4.69, 9.17) is 16.3 Å². The van der Waals surface area contributed by atoms with E-state index in [1.807, 2.05) is 12.2 Å². The number of fused-ring (bicyclic) bond motifs is 1. The number of halogens is 2. The zero-order valence-corrected chi connectivity index (χ0v) is 24.1. The molecule has 3 aliphatic heterocycles. The van der Waals surface area contributed by atoms with Gasteiger partial charge in [-0.1, -0.05) is 70.2 Å². The Morgan fingerprint density at radius 3 is 2.55 bits per heavy atom. The van der Waals surface area contributed by atoms with Crippen LogP contribution in [0.25, 0.3) is 0 Å². The van der Waals surface area contributed by atoms with Crippen LogP contribution in [0.4, 0.5) is 10.1 Å². The lowest BCUT2D eigenvalue weighted by Crippen LogP contribution is -2.60. The molecule has 2 bridgehead atoms. The van der Waals surface area contributed by atoms with Gasteiger partial charge < -0.3 is 20.3 Å². The maximum Gasteiger partial charge on any atom is 0.246 e. The van der Waals surface area contributed by atoms with Crippen molar-refractivity contribution in [2.75, 3.05) is 5.32 Å². The first-order valence-electron chi connectivity index (χ1n) is 14.9. The molecule has 10 atom stereocenters. The van der Waals surface area contributed by atoms with E-state index in [9.17, 15) is 18.8 Å². The number of hydrogen-bond acceptors (Lipinski definition) is 4. The summed E-state index contributed by atoms with van der Waals surface area (Å²) in [5, 5.41) is 6.05. The molecule has 6 rings (SSSR count). The van der Waals surface area contributed by atoms with Gasteiger partial charge in [0.05, 0.1) is 23.0 Å². The largest absolute Gasteiger partial charge is 0.359 e. The number of amides is 3. The van der Waals surface area contributed by atoms with Gasteiger partial charge in [-0.25, -0.2) is 4.39 Å². The van der Waals surface area contributed by atoms with Crippen LogP contribution in [0.1, 0.15) is 65.7 Å². The summed E-state index contributed by atoms with van der Waals surface area (Å²) in [7, 11) is 0. The van der Waals surface area contributed by atoms with E-state index in [1.54, 1.807) is 4.90 Å². The van der Waals surface area contributed by atoms with E-state index in [-0.39, 0.29) is 34.8 Å². The van der Waals surface area contributed by atoms with E-state index >= 15 is 0 Å². The predicted octanol–water partition coefficient (Wildman–Crippen LogP) is 5.09. The third-order valence-corrected chi connectivity index (χ3v) is 10.8. The molecular weight excluding hydrogens is 533 g/mol. The Morgan fingerprint density at radius 2 is 1.80 bits per heavy atom. The summed E-state index contributed by atoms with van der Waals surface area (Å²) in [5.41, 5.74) is -0.857. The zero-order chi connectivity index (χ0) is 28.3. The van der Waals surface area contributed by atoms with Gasteiger partial charge in [0.1, 0.15) is 17.5 Å². The van der Waals surface area contributed by atoms with Crippen molar-refractivity contribution < 1.29 is 23.5 Å². The highest BCUT2D eigenvalue weighted by Gasteiger charge is 2.73. The van der Waals surface area contributed by atoms with Gasteiger partial charge in [-0.05, 0) is 55.2 Å². The molecule has 3 amide bonds. The number of benzene rings is 1. The minimum absolute atomic E-state index is 0.0392. The van der Waals surface area contributed by atoms with Gasteiger partial charge in [0.15, 0.2) is 0 Å². The van der Waals surface area contributed by atoms with Crippen LogP contribution in [0.5, 0.6) is 0 Å². The zero-order valence-electron chi connectivity index (χ0n) is 23.4. The molecule has 10 unspecified atom stereocenters. The Labute approximate surface area is 240 Å². The summed E-state index contributed by atoms with van der Waals surface area (Å²) in [6, 6.07) is 3.10. The first-order chi connectivity index (χ1) is 19.1. The highest BCUT2D eigenvalue weighted by atomic mass is 35.5. The molecule has 40 heavy (non-hydrogen) atoms. The summed E-state index contributed by atoms with van der Waals surface area (Å²) in [6.45, 7) is 6.57. The number of likely N-dealkylation sites (tertiary alicyclic amines) is 1. The van der Waals surface area contributed by atoms with Crippen molar-refractivity contribution in [1.82, 2.24) is 10.2 Å². The van der Waals surface area contributed by atoms with E-state index in [0.29, 0.717) is 17.5 Å². The SMILES string of the molecule is CC1CCCC(NC(=O)C2N(C3CCCCC3C)C(=O)C3C(C(=O)Nc4ccc(F)c(Cl)c4)C4C=CC32O4)C1C. The van der Waals surface area contributed by atoms with Gasteiger partial charge >= 0.3 is 0 Å². The molecule has 2 N–H and O–H groups in total. The maximum atomic E-state index is 14.4. The van der Waals surface area contributed by atoms with Crippen molar-refractivity contribution >= 4 is 35.0 Å². The third-order valence-electron chi connectivity index (χ3n) is 10.5. The van der Waals surface area contributed by atoms with Crippen LogP contribution < -0.4 is 10.6 Å². The smallest absolute Gasteiger partial charge is 0.246 e. The van der Waals surface area contributed by atoms with E-state index in [2.05, 4.69) is 31.4 Å². The summed E-state index contributed by atoms with van der Waals surface area (Å²) >= 11 is 5.94. The lowest BCUT2D eigenvalue weighted by atomic mass is 9.73. The predicted molar refractivity (Wildman–Crippen MR) is 150 cm³/mol. The molecule has 1 spiro atoms. The quantitative estimate of drug-likeness (QED) is 0.482. The number of ether oxygens (including phenoxy) is 1. The Balaban J connectivity index is 1.33. The van der Waals surface area contributed by atoms with Crippen LogP contribution >= 0.6 is 11.6 Å². The minimum Gasteiger partial charge on any atom is -0.359 e. The van der Waals surface area contributed by atoms with Crippen molar-refractivity contribution in [3.05, 3.63) is 41.2 Å². The van der Waals surface area contributed by atoms with Crippen molar-refractivity contribution in [3.63, 3.8) is 0 Å². The van der Waals surface area contributed by atoms with Crippen LogP contribution in [0, 0.1) is 35.4 Å². The maximum absolute atomic E-state index is 14.4. The fraction of sp³-hybridized carbons (Fsp3) is 0.645. The van der Waals surface area contributed by atoms with Gasteiger partial charge in [0, 0.05) is 17.8 Å². The van der Waals surface area contributed by atoms with Crippen LogP contribution in [-0.2, 0) is 19.1 Å². The first kappa shape index (κ1) is 27.7. The Kier molecular flexibility index (Phi) is 7.22. The number of anilines is 1. The summed E-state index contributed by atoms with van der Waals surface area (Å²) in [4.78, 5) is 44.1. The number of hydrogen-bond donors (Lipinski definition) is 2. The third kappa shape index (κ3) is 4.37. The molecule has 0 radical (unpaired) electrons. The second-order valence-electron chi connectivity index (χ2n) is 12.8. The fourth-order valence-corrected chi connectivity index (χ4v) is 8.30. The van der Waals surface area contributed by atoms with E-state index in [1.165, 1.54) is 18.2 Å². The average molecular weight is 572 g/mol. The monoisotopic (exact) mass is 571 g/mol. The summed E-state index contributed by atoms with van der Waals surface area (Å²) < 4.78 is 20.2. The minimum atomic E-state index is -1.20. The van der Waals surface area contributed by atoms with Crippen molar-refractivity contribution in [2.45, 2.75) is 95.5 Å². The normalized spacial score (nSPS) is 40.3. The lowest BCUT2D eigenvalue weighted by molar-refractivity contribution is -0.146. The van der Waals surface area contributed by atoms with Gasteiger partial charge in [-0.15, -0.1) is 0 Å². The number of carbonyl (C=O) groups is 3. The highest BCUT2D eigenvalue weighted by Crippen LogP contribution is 2.56. The first-order valence-corrected chi connectivity index (χ1v) is 15.3. The van der Waals surface area contributed by atoms with Crippen LogP contribution in [0.15, 0.2) is 30.4 Å². The van der Waals surface area contributed by atoms with Crippen LogP contribution in [-0.4, -0.2) is 52.5 Å². The molecule has 2 aliphatic carbocycles. The topological polar surface area (TPSA) is 87.7 Å². The fourth-order valence-electron chi connectivity index (χ4n) is 8.12. The van der Waals surface area contributed by atoms with E-state index < -0.39 is 41.3 Å². The molecule has 2 saturated carbocycles.